The van der Waals surface area contributed by atoms with E-state index in [4.69, 9.17) is 0 Å². The molecule has 0 spiro atoms. The predicted octanol–water partition coefficient (Wildman–Crippen LogP) is 5.18. The number of hydrogen-bond acceptors (Lipinski definition) is 2. The molecule has 0 aromatic heterocycles. The standard InChI is InChI=1S/C20H21NS/c1-21(2)14-11-12-15-16-7-3-5-9-19(16)22-20-10-6-4-8-17(20)18(15)13-14/h3-10,14H,11-13H2,1-2H3. The second-order valence-electron chi connectivity index (χ2n) is 6.41. The third-order valence-corrected chi connectivity index (χ3v) is 6.06. The molecule has 0 bridgehead atoms. The lowest BCUT2D eigenvalue weighted by molar-refractivity contribution is 0.281. The molecule has 1 atom stereocenters. The summed E-state index contributed by atoms with van der Waals surface area (Å²) < 4.78 is 0. The molecule has 2 aromatic rings. The molecule has 112 valence electrons. The van der Waals surface area contributed by atoms with E-state index in [1.165, 1.54) is 33.8 Å². The first kappa shape index (κ1) is 14.1. The van der Waals surface area contributed by atoms with Crippen LogP contribution in [-0.4, -0.2) is 25.0 Å². The minimum atomic E-state index is 0.655. The molecule has 1 aliphatic heterocycles. The minimum absolute atomic E-state index is 0.655. The number of fused-ring (bicyclic) bond motifs is 4. The summed E-state index contributed by atoms with van der Waals surface area (Å²) in [5.41, 5.74) is 6.05. The van der Waals surface area contributed by atoms with Crippen LogP contribution in [0.5, 0.6) is 0 Å². The minimum Gasteiger partial charge on any atom is -0.306 e. The molecule has 1 unspecified atom stereocenters. The molecule has 22 heavy (non-hydrogen) atoms. The third kappa shape index (κ3) is 2.31. The van der Waals surface area contributed by atoms with Crippen molar-refractivity contribution >= 4 is 22.9 Å². The maximum Gasteiger partial charge on any atom is 0.0197 e. The molecule has 1 nitrogen and oxygen atoms in total. The van der Waals surface area contributed by atoms with Crippen molar-refractivity contribution < 1.29 is 0 Å². The van der Waals surface area contributed by atoms with Crippen molar-refractivity contribution in [3.8, 4) is 0 Å². The van der Waals surface area contributed by atoms with Crippen LogP contribution < -0.4 is 0 Å². The van der Waals surface area contributed by atoms with Gasteiger partial charge in [-0.05, 0) is 67.8 Å². The van der Waals surface area contributed by atoms with Crippen molar-refractivity contribution in [3.63, 3.8) is 0 Å². The fraction of sp³-hybridized carbons (Fsp3) is 0.300. The van der Waals surface area contributed by atoms with Crippen molar-refractivity contribution in [1.29, 1.82) is 0 Å². The molecule has 2 aliphatic rings. The molecule has 0 N–H and O–H groups in total. The summed E-state index contributed by atoms with van der Waals surface area (Å²) in [5.74, 6) is 0. The van der Waals surface area contributed by atoms with Gasteiger partial charge in [-0.25, -0.2) is 0 Å². The van der Waals surface area contributed by atoms with Crippen LogP contribution in [0.1, 0.15) is 30.4 Å². The second-order valence-corrected chi connectivity index (χ2v) is 7.50. The zero-order valence-electron chi connectivity index (χ0n) is 13.2. The summed E-state index contributed by atoms with van der Waals surface area (Å²) in [6.45, 7) is 0. The Balaban J connectivity index is 1.93. The summed E-state index contributed by atoms with van der Waals surface area (Å²) >= 11 is 1.92. The molecule has 1 heterocycles. The Morgan fingerprint density at radius 1 is 0.864 bits per heavy atom. The van der Waals surface area contributed by atoms with Crippen molar-refractivity contribution in [2.24, 2.45) is 0 Å². The van der Waals surface area contributed by atoms with Gasteiger partial charge in [0.2, 0.25) is 0 Å². The van der Waals surface area contributed by atoms with E-state index in [0.717, 1.165) is 6.42 Å². The summed E-state index contributed by atoms with van der Waals surface area (Å²) in [4.78, 5) is 5.19. The smallest absolute Gasteiger partial charge is 0.0197 e. The first-order chi connectivity index (χ1) is 10.7. The zero-order valence-corrected chi connectivity index (χ0v) is 14.0. The summed E-state index contributed by atoms with van der Waals surface area (Å²) in [5, 5.41) is 0. The molecule has 4 rings (SSSR count). The molecule has 0 fully saturated rings. The largest absolute Gasteiger partial charge is 0.306 e. The van der Waals surface area contributed by atoms with Crippen molar-refractivity contribution in [2.75, 3.05) is 14.1 Å². The van der Waals surface area contributed by atoms with Gasteiger partial charge in [-0.2, -0.15) is 0 Å². The second kappa shape index (κ2) is 5.60. The van der Waals surface area contributed by atoms with Gasteiger partial charge in [0.15, 0.2) is 0 Å². The molecule has 1 aliphatic carbocycles. The van der Waals surface area contributed by atoms with Crippen LogP contribution in [0, 0.1) is 0 Å². The van der Waals surface area contributed by atoms with E-state index < -0.39 is 0 Å². The molecule has 0 amide bonds. The average Bonchev–Trinajstić information content (AvgIpc) is 2.69. The Morgan fingerprint density at radius 2 is 1.45 bits per heavy atom. The highest BCUT2D eigenvalue weighted by molar-refractivity contribution is 7.99. The Bertz CT molecular complexity index is 745. The highest BCUT2D eigenvalue weighted by Crippen LogP contribution is 2.49. The molecule has 0 radical (unpaired) electrons. The van der Waals surface area contributed by atoms with Gasteiger partial charge in [-0.1, -0.05) is 48.2 Å². The van der Waals surface area contributed by atoms with Gasteiger partial charge in [0.05, 0.1) is 0 Å². The molecule has 0 saturated carbocycles. The van der Waals surface area contributed by atoms with Crippen LogP contribution in [-0.2, 0) is 0 Å². The Hall–Kier alpha value is -1.51. The molecular formula is C20H21NS. The monoisotopic (exact) mass is 307 g/mol. The SMILES string of the molecule is CN(C)C1CCC2=C(C1)c1ccccc1Sc1ccccc12. The number of allylic oxidation sites excluding steroid dienone is 1. The predicted molar refractivity (Wildman–Crippen MR) is 95.1 cm³/mol. The molecule has 2 aromatic carbocycles. The Morgan fingerprint density at radius 3 is 2.09 bits per heavy atom. The fourth-order valence-electron chi connectivity index (χ4n) is 3.66. The van der Waals surface area contributed by atoms with E-state index in [2.05, 4.69) is 67.5 Å². The fourth-order valence-corrected chi connectivity index (χ4v) is 4.79. The van der Waals surface area contributed by atoms with E-state index in [-0.39, 0.29) is 0 Å². The number of benzene rings is 2. The quantitative estimate of drug-likeness (QED) is 0.714. The molecule has 2 heteroatoms. The zero-order chi connectivity index (χ0) is 15.1. The lowest BCUT2D eigenvalue weighted by Crippen LogP contribution is -2.30. The normalized spacial score (nSPS) is 20.2. The van der Waals surface area contributed by atoms with Gasteiger partial charge in [0.1, 0.15) is 0 Å². The third-order valence-electron chi connectivity index (χ3n) is 4.91. The van der Waals surface area contributed by atoms with Gasteiger partial charge < -0.3 is 4.90 Å². The van der Waals surface area contributed by atoms with Crippen molar-refractivity contribution in [2.45, 2.75) is 35.1 Å². The van der Waals surface area contributed by atoms with Crippen LogP contribution in [0.25, 0.3) is 11.1 Å². The average molecular weight is 307 g/mol. The van der Waals surface area contributed by atoms with E-state index in [1.807, 2.05) is 11.8 Å². The summed E-state index contributed by atoms with van der Waals surface area (Å²) in [6, 6.07) is 18.5. The lowest BCUT2D eigenvalue weighted by Gasteiger charge is -2.32. The van der Waals surface area contributed by atoms with Gasteiger partial charge in [0, 0.05) is 15.8 Å². The first-order valence-electron chi connectivity index (χ1n) is 7.99. The van der Waals surface area contributed by atoms with Gasteiger partial charge >= 0.3 is 0 Å². The van der Waals surface area contributed by atoms with Crippen LogP contribution in [0.4, 0.5) is 0 Å². The molecular weight excluding hydrogens is 286 g/mol. The Labute approximate surface area is 137 Å². The first-order valence-corrected chi connectivity index (χ1v) is 8.81. The topological polar surface area (TPSA) is 3.24 Å². The van der Waals surface area contributed by atoms with Crippen molar-refractivity contribution in [1.82, 2.24) is 4.90 Å². The van der Waals surface area contributed by atoms with E-state index >= 15 is 0 Å². The summed E-state index contributed by atoms with van der Waals surface area (Å²) in [6.07, 6.45) is 3.60. The number of rotatable bonds is 1. The Kier molecular flexibility index (Phi) is 3.59. The van der Waals surface area contributed by atoms with Gasteiger partial charge in [-0.3, -0.25) is 0 Å². The van der Waals surface area contributed by atoms with Crippen LogP contribution in [0.2, 0.25) is 0 Å². The molecule has 0 saturated heterocycles. The van der Waals surface area contributed by atoms with E-state index in [9.17, 15) is 0 Å². The highest BCUT2D eigenvalue weighted by Gasteiger charge is 2.28. The number of hydrogen-bond donors (Lipinski definition) is 0. The van der Waals surface area contributed by atoms with Crippen LogP contribution in [0.15, 0.2) is 58.3 Å². The highest BCUT2D eigenvalue weighted by atomic mass is 32.2. The lowest BCUT2D eigenvalue weighted by atomic mass is 9.81. The van der Waals surface area contributed by atoms with E-state index in [0.29, 0.717) is 6.04 Å². The maximum atomic E-state index is 2.39. The maximum absolute atomic E-state index is 2.39. The van der Waals surface area contributed by atoms with Crippen LogP contribution >= 0.6 is 11.8 Å². The van der Waals surface area contributed by atoms with Crippen LogP contribution in [0.3, 0.4) is 0 Å². The van der Waals surface area contributed by atoms with Gasteiger partial charge in [-0.15, -0.1) is 0 Å². The summed E-state index contributed by atoms with van der Waals surface area (Å²) in [7, 11) is 4.42. The number of nitrogens with zero attached hydrogens (tertiary/aromatic N) is 1. The van der Waals surface area contributed by atoms with E-state index in [1.54, 1.807) is 11.1 Å². The van der Waals surface area contributed by atoms with Gasteiger partial charge in [0.25, 0.3) is 0 Å². The van der Waals surface area contributed by atoms with Crippen molar-refractivity contribution in [3.05, 3.63) is 59.7 Å².